The first kappa shape index (κ1) is 28.9. The van der Waals surface area contributed by atoms with Gasteiger partial charge in [-0.15, -0.1) is 0 Å². The van der Waals surface area contributed by atoms with E-state index in [2.05, 4.69) is 109 Å². The van der Waals surface area contributed by atoms with Crippen LogP contribution in [0.3, 0.4) is 0 Å². The number of nitrogens with zero attached hydrogens (tertiary/aromatic N) is 3. The molecule has 0 spiro atoms. The van der Waals surface area contributed by atoms with E-state index in [9.17, 15) is 0 Å². The van der Waals surface area contributed by atoms with Gasteiger partial charge in [-0.25, -0.2) is 15.0 Å². The molecule has 0 amide bonds. The fourth-order valence-electron chi connectivity index (χ4n) is 7.87. The highest BCUT2D eigenvalue weighted by Gasteiger charge is 2.21. The molecule has 1 aliphatic carbocycles. The zero-order chi connectivity index (χ0) is 34.2. The highest BCUT2D eigenvalue weighted by molar-refractivity contribution is 6.15. The van der Waals surface area contributed by atoms with E-state index < -0.39 is 0 Å². The van der Waals surface area contributed by atoms with Gasteiger partial charge in [0.05, 0.1) is 0 Å². The molecule has 3 heterocycles. The van der Waals surface area contributed by atoms with Crippen LogP contribution >= 0.6 is 0 Å². The third kappa shape index (κ3) is 4.53. The first-order valence-electron chi connectivity index (χ1n) is 17.7. The average Bonchev–Trinajstić information content (AvgIpc) is 3.79. The number of furan rings is 2. The van der Waals surface area contributed by atoms with Crippen molar-refractivity contribution in [2.45, 2.75) is 12.8 Å². The quantitative estimate of drug-likeness (QED) is 0.175. The normalized spacial score (nSPS) is 12.8. The summed E-state index contributed by atoms with van der Waals surface area (Å²) in [5, 5.41) is 7.91. The molecule has 1 aliphatic rings. The Balaban J connectivity index is 1.10. The van der Waals surface area contributed by atoms with Gasteiger partial charge < -0.3 is 8.83 Å². The van der Waals surface area contributed by atoms with Crippen molar-refractivity contribution in [2.24, 2.45) is 0 Å². The lowest BCUT2D eigenvalue weighted by Crippen LogP contribution is -2.00. The van der Waals surface area contributed by atoms with E-state index in [1.54, 1.807) is 0 Å². The van der Waals surface area contributed by atoms with Crippen LogP contribution < -0.4 is 0 Å². The Bertz CT molecular complexity index is 3080. The van der Waals surface area contributed by atoms with Gasteiger partial charge in [-0.1, -0.05) is 127 Å². The molecule has 0 N–H and O–H groups in total. The van der Waals surface area contributed by atoms with Crippen LogP contribution in [-0.2, 0) is 6.42 Å². The monoisotopic (exact) mass is 667 g/mol. The summed E-state index contributed by atoms with van der Waals surface area (Å²) in [7, 11) is 0. The van der Waals surface area contributed by atoms with Crippen LogP contribution in [0.15, 0.2) is 154 Å². The minimum Gasteiger partial charge on any atom is -0.460 e. The Morgan fingerprint density at radius 3 is 2.13 bits per heavy atom. The summed E-state index contributed by atoms with van der Waals surface area (Å²) in [4.78, 5) is 15.3. The second kappa shape index (κ2) is 11.3. The maximum Gasteiger partial charge on any atom is 0.164 e. The smallest absolute Gasteiger partial charge is 0.164 e. The van der Waals surface area contributed by atoms with Gasteiger partial charge in [0.2, 0.25) is 0 Å². The van der Waals surface area contributed by atoms with E-state index in [0.29, 0.717) is 17.5 Å². The predicted octanol–water partition coefficient (Wildman–Crippen LogP) is 12.5. The Kier molecular flexibility index (Phi) is 6.31. The average molecular weight is 668 g/mol. The molecule has 0 bridgehead atoms. The van der Waals surface area contributed by atoms with Gasteiger partial charge in [0.25, 0.3) is 0 Å². The Morgan fingerprint density at radius 2 is 1.19 bits per heavy atom. The predicted molar refractivity (Wildman–Crippen MR) is 211 cm³/mol. The summed E-state index contributed by atoms with van der Waals surface area (Å²) in [5.74, 6) is 2.89. The lowest BCUT2D eigenvalue weighted by atomic mass is 9.98. The van der Waals surface area contributed by atoms with Gasteiger partial charge in [-0.3, -0.25) is 0 Å². The van der Waals surface area contributed by atoms with E-state index in [4.69, 9.17) is 23.8 Å². The largest absolute Gasteiger partial charge is 0.460 e. The van der Waals surface area contributed by atoms with E-state index in [1.807, 2.05) is 42.5 Å². The number of hydrogen-bond acceptors (Lipinski definition) is 5. The van der Waals surface area contributed by atoms with Gasteiger partial charge in [0, 0.05) is 50.4 Å². The maximum atomic E-state index is 6.69. The van der Waals surface area contributed by atoms with Crippen molar-refractivity contribution in [1.82, 2.24) is 15.0 Å². The zero-order valence-electron chi connectivity index (χ0n) is 28.0. The second-order valence-electron chi connectivity index (χ2n) is 13.4. The van der Waals surface area contributed by atoms with Crippen LogP contribution in [0.4, 0.5) is 0 Å². The highest BCUT2D eigenvalue weighted by Crippen LogP contribution is 2.42. The lowest BCUT2D eigenvalue weighted by Gasteiger charge is -2.10. The molecule has 0 atom stereocenters. The molecule has 5 heteroatoms. The van der Waals surface area contributed by atoms with Crippen molar-refractivity contribution < 1.29 is 8.83 Å². The third-order valence-electron chi connectivity index (χ3n) is 10.4. The number of aryl methyl sites for hydroxylation is 1. The van der Waals surface area contributed by atoms with Gasteiger partial charge in [0.15, 0.2) is 17.5 Å². The van der Waals surface area contributed by atoms with Gasteiger partial charge >= 0.3 is 0 Å². The molecule has 0 aliphatic heterocycles. The van der Waals surface area contributed by atoms with Crippen molar-refractivity contribution in [3.63, 3.8) is 0 Å². The van der Waals surface area contributed by atoms with Crippen LogP contribution in [0.2, 0.25) is 0 Å². The summed E-state index contributed by atoms with van der Waals surface area (Å²) in [5.41, 5.74) is 8.50. The van der Waals surface area contributed by atoms with Crippen LogP contribution in [0.1, 0.15) is 17.7 Å². The SMILES string of the molecule is C1=Cc2c(oc3cc(-c4cccc5c4oc4cccc(-c6nc(-c7ccccc7)nc(-c7ccc8c(ccc9ccccc98)c7)n6)c45)ccc23)CC1. The fourth-order valence-corrected chi connectivity index (χ4v) is 7.87. The molecular weight excluding hydrogens is 639 g/mol. The lowest BCUT2D eigenvalue weighted by molar-refractivity contribution is 0.546. The number of allylic oxidation sites excluding steroid dienone is 1. The Labute approximate surface area is 298 Å². The molecule has 52 heavy (non-hydrogen) atoms. The van der Waals surface area contributed by atoms with Gasteiger partial charge in [0.1, 0.15) is 22.5 Å². The molecular formula is C47H29N3O2. The minimum absolute atomic E-state index is 0.594. The fraction of sp³-hybridized carbons (Fsp3) is 0.0426. The van der Waals surface area contributed by atoms with Crippen molar-refractivity contribution in [3.05, 3.63) is 157 Å². The van der Waals surface area contributed by atoms with Crippen LogP contribution in [0, 0.1) is 0 Å². The topological polar surface area (TPSA) is 65.0 Å². The molecule has 0 fully saturated rings. The summed E-state index contributed by atoms with van der Waals surface area (Å²) in [6, 6.07) is 48.3. The number of para-hydroxylation sites is 1. The van der Waals surface area contributed by atoms with Gasteiger partial charge in [-0.05, 0) is 57.8 Å². The molecule has 11 rings (SSSR count). The first-order valence-corrected chi connectivity index (χ1v) is 17.7. The van der Waals surface area contributed by atoms with Gasteiger partial charge in [-0.2, -0.15) is 0 Å². The number of hydrogen-bond donors (Lipinski definition) is 0. The summed E-state index contributed by atoms with van der Waals surface area (Å²) in [6.07, 6.45) is 6.35. The second-order valence-corrected chi connectivity index (χ2v) is 13.4. The summed E-state index contributed by atoms with van der Waals surface area (Å²) < 4.78 is 13.0. The van der Waals surface area contributed by atoms with Crippen LogP contribution in [-0.4, -0.2) is 15.0 Å². The molecule has 10 aromatic rings. The minimum atomic E-state index is 0.594. The van der Waals surface area contributed by atoms with Crippen LogP contribution in [0.25, 0.3) is 106 Å². The number of benzene rings is 7. The third-order valence-corrected chi connectivity index (χ3v) is 10.4. The standard InChI is InChI=1S/C47H29N3O2/c1-2-11-29(12-3-1)45-48-46(32-23-24-34-30(26-32)21-20-28-10-4-5-13-33(28)34)50-47(49-45)39-17-9-19-41-43(39)38-16-8-15-35(44(38)52-41)31-22-25-37-36-14-6-7-18-40(36)51-42(37)27-31/h1-6,8-17,19-27H,7,18H2. The molecule has 7 aromatic carbocycles. The summed E-state index contributed by atoms with van der Waals surface area (Å²) in [6.45, 7) is 0. The maximum absolute atomic E-state index is 6.69. The van der Waals surface area contributed by atoms with Crippen molar-refractivity contribution in [2.75, 3.05) is 0 Å². The van der Waals surface area contributed by atoms with E-state index in [0.717, 1.165) is 84.7 Å². The van der Waals surface area contributed by atoms with E-state index in [-0.39, 0.29) is 0 Å². The zero-order valence-corrected chi connectivity index (χ0v) is 28.0. The van der Waals surface area contributed by atoms with Crippen molar-refractivity contribution in [3.8, 4) is 45.3 Å². The molecule has 0 radical (unpaired) electrons. The molecule has 0 saturated carbocycles. The number of fused-ring (bicyclic) bond motifs is 9. The summed E-state index contributed by atoms with van der Waals surface area (Å²) >= 11 is 0. The Morgan fingerprint density at radius 1 is 0.462 bits per heavy atom. The first-order chi connectivity index (χ1) is 25.7. The molecule has 5 nitrogen and oxygen atoms in total. The van der Waals surface area contributed by atoms with Crippen molar-refractivity contribution in [1.29, 1.82) is 0 Å². The highest BCUT2D eigenvalue weighted by atomic mass is 16.3. The van der Waals surface area contributed by atoms with E-state index >= 15 is 0 Å². The Hall–Kier alpha value is -6.85. The molecule has 0 saturated heterocycles. The molecule has 244 valence electrons. The molecule has 0 unspecified atom stereocenters. The number of rotatable bonds is 4. The van der Waals surface area contributed by atoms with Crippen LogP contribution in [0.5, 0.6) is 0 Å². The van der Waals surface area contributed by atoms with Crippen molar-refractivity contribution >= 4 is 60.5 Å². The molecule has 3 aromatic heterocycles. The van der Waals surface area contributed by atoms with E-state index in [1.165, 1.54) is 21.7 Å². The number of aromatic nitrogens is 3.